The SMILES string of the molecule is CCC1CCCC(NS(=O)(=O)c2c(N)ncn2C)C1. The van der Waals surface area contributed by atoms with E-state index in [1.165, 1.54) is 17.3 Å². The van der Waals surface area contributed by atoms with Crippen molar-refractivity contribution in [2.45, 2.75) is 50.1 Å². The Balaban J connectivity index is 2.14. The standard InChI is InChI=1S/C12H22N4O2S/c1-3-9-5-4-6-10(7-9)15-19(17,18)12-11(13)14-8-16(12)2/h8-10,15H,3-7,13H2,1-2H3. The summed E-state index contributed by atoms with van der Waals surface area (Å²) in [6.07, 6.45) is 6.60. The zero-order valence-electron chi connectivity index (χ0n) is 11.5. The van der Waals surface area contributed by atoms with Gasteiger partial charge in [0.15, 0.2) is 10.8 Å². The van der Waals surface area contributed by atoms with Crippen molar-refractivity contribution in [3.05, 3.63) is 6.33 Å². The van der Waals surface area contributed by atoms with Gasteiger partial charge in [0.1, 0.15) is 0 Å². The third kappa shape index (κ3) is 3.09. The predicted octanol–water partition coefficient (Wildman–Crippen LogP) is 1.25. The van der Waals surface area contributed by atoms with Crippen LogP contribution >= 0.6 is 0 Å². The lowest BCUT2D eigenvalue weighted by Crippen LogP contribution is -2.39. The molecule has 0 spiro atoms. The molecular weight excluding hydrogens is 264 g/mol. The lowest BCUT2D eigenvalue weighted by molar-refractivity contribution is 0.301. The Labute approximate surface area is 114 Å². The third-order valence-corrected chi connectivity index (χ3v) is 5.50. The van der Waals surface area contributed by atoms with Gasteiger partial charge >= 0.3 is 0 Å². The van der Waals surface area contributed by atoms with Crippen LogP contribution in [0.4, 0.5) is 5.82 Å². The van der Waals surface area contributed by atoms with E-state index < -0.39 is 10.0 Å². The molecular formula is C12H22N4O2S. The van der Waals surface area contributed by atoms with Crippen LogP contribution in [0.1, 0.15) is 39.0 Å². The molecule has 1 heterocycles. The topological polar surface area (TPSA) is 90.0 Å². The van der Waals surface area contributed by atoms with E-state index in [4.69, 9.17) is 5.73 Å². The number of hydrogen-bond donors (Lipinski definition) is 2. The van der Waals surface area contributed by atoms with Gasteiger partial charge in [0, 0.05) is 13.1 Å². The van der Waals surface area contributed by atoms with Crippen molar-refractivity contribution < 1.29 is 8.42 Å². The molecule has 2 unspecified atom stereocenters. The molecule has 1 aliphatic rings. The first-order valence-corrected chi connectivity index (χ1v) is 8.21. The average molecular weight is 286 g/mol. The van der Waals surface area contributed by atoms with Crippen LogP contribution in [0.3, 0.4) is 0 Å². The maximum Gasteiger partial charge on any atom is 0.260 e. The summed E-state index contributed by atoms with van der Waals surface area (Å²) in [6, 6.07) is 0.0120. The van der Waals surface area contributed by atoms with E-state index in [0.717, 1.165) is 25.7 Å². The van der Waals surface area contributed by atoms with E-state index in [1.807, 2.05) is 0 Å². The van der Waals surface area contributed by atoms with Gasteiger partial charge in [0.2, 0.25) is 0 Å². The molecule has 2 atom stereocenters. The lowest BCUT2D eigenvalue weighted by Gasteiger charge is -2.28. The molecule has 108 valence electrons. The summed E-state index contributed by atoms with van der Waals surface area (Å²) in [5.74, 6) is 0.670. The molecule has 2 rings (SSSR count). The Morgan fingerprint density at radius 3 is 2.84 bits per heavy atom. The number of nitrogen functional groups attached to an aromatic ring is 1. The van der Waals surface area contributed by atoms with Gasteiger partial charge in [-0.1, -0.05) is 26.2 Å². The zero-order valence-corrected chi connectivity index (χ0v) is 12.3. The quantitative estimate of drug-likeness (QED) is 0.871. The van der Waals surface area contributed by atoms with Crippen molar-refractivity contribution in [2.24, 2.45) is 13.0 Å². The van der Waals surface area contributed by atoms with Gasteiger partial charge in [-0.2, -0.15) is 0 Å². The van der Waals surface area contributed by atoms with Crippen molar-refractivity contribution in [1.82, 2.24) is 14.3 Å². The van der Waals surface area contributed by atoms with Crippen LogP contribution < -0.4 is 10.5 Å². The maximum atomic E-state index is 12.3. The van der Waals surface area contributed by atoms with Crippen LogP contribution in [0.25, 0.3) is 0 Å². The van der Waals surface area contributed by atoms with Crippen LogP contribution in [0.2, 0.25) is 0 Å². The Morgan fingerprint density at radius 1 is 1.53 bits per heavy atom. The van der Waals surface area contributed by atoms with Crippen LogP contribution in [0, 0.1) is 5.92 Å². The fourth-order valence-electron chi connectivity index (χ4n) is 2.81. The summed E-state index contributed by atoms with van der Waals surface area (Å²) < 4.78 is 28.9. The third-order valence-electron chi connectivity index (χ3n) is 3.85. The Kier molecular flexibility index (Phi) is 4.15. The molecule has 0 saturated heterocycles. The molecule has 0 amide bonds. The van der Waals surface area contributed by atoms with Crippen LogP contribution in [-0.2, 0) is 17.1 Å². The summed E-state index contributed by atoms with van der Waals surface area (Å²) in [5, 5.41) is 0.0612. The number of nitrogens with two attached hydrogens (primary N) is 1. The minimum Gasteiger partial charge on any atom is -0.381 e. The molecule has 1 aromatic heterocycles. The van der Waals surface area contributed by atoms with E-state index in [1.54, 1.807) is 7.05 Å². The molecule has 0 aromatic carbocycles. The van der Waals surface area contributed by atoms with E-state index in [9.17, 15) is 8.42 Å². The zero-order chi connectivity index (χ0) is 14.0. The van der Waals surface area contributed by atoms with E-state index in [0.29, 0.717) is 5.92 Å². The second-order valence-corrected chi connectivity index (χ2v) is 6.93. The summed E-state index contributed by atoms with van der Waals surface area (Å²) in [7, 11) is -1.95. The van der Waals surface area contributed by atoms with Gasteiger partial charge in [-0.25, -0.2) is 18.1 Å². The minimum atomic E-state index is -3.58. The highest BCUT2D eigenvalue weighted by Gasteiger charge is 2.28. The molecule has 6 nitrogen and oxygen atoms in total. The number of imidazole rings is 1. The Hall–Kier alpha value is -1.08. The van der Waals surface area contributed by atoms with Crippen molar-refractivity contribution in [3.63, 3.8) is 0 Å². The lowest BCUT2D eigenvalue weighted by atomic mass is 9.85. The van der Waals surface area contributed by atoms with Gasteiger partial charge in [-0.05, 0) is 18.8 Å². The summed E-state index contributed by atoms with van der Waals surface area (Å²) in [6.45, 7) is 2.15. The summed E-state index contributed by atoms with van der Waals surface area (Å²) in [5.41, 5.74) is 5.63. The largest absolute Gasteiger partial charge is 0.381 e. The molecule has 19 heavy (non-hydrogen) atoms. The second kappa shape index (κ2) is 5.50. The van der Waals surface area contributed by atoms with Crippen molar-refractivity contribution in [2.75, 3.05) is 5.73 Å². The predicted molar refractivity (Wildman–Crippen MR) is 74.0 cm³/mol. The number of sulfonamides is 1. The van der Waals surface area contributed by atoms with E-state index >= 15 is 0 Å². The molecule has 1 saturated carbocycles. The average Bonchev–Trinajstić information content (AvgIpc) is 2.69. The highest BCUT2D eigenvalue weighted by Crippen LogP contribution is 2.28. The van der Waals surface area contributed by atoms with E-state index in [-0.39, 0.29) is 16.9 Å². The van der Waals surface area contributed by atoms with Gasteiger partial charge in [-0.3, -0.25) is 0 Å². The van der Waals surface area contributed by atoms with Gasteiger partial charge < -0.3 is 10.3 Å². The van der Waals surface area contributed by atoms with Crippen molar-refractivity contribution in [3.8, 4) is 0 Å². The first-order valence-electron chi connectivity index (χ1n) is 6.73. The number of aryl methyl sites for hydroxylation is 1. The van der Waals surface area contributed by atoms with Crippen molar-refractivity contribution in [1.29, 1.82) is 0 Å². The minimum absolute atomic E-state index is 0.0120. The molecule has 1 fully saturated rings. The smallest absolute Gasteiger partial charge is 0.260 e. The Morgan fingerprint density at radius 2 is 2.26 bits per heavy atom. The number of nitrogens with zero attached hydrogens (tertiary/aromatic N) is 2. The second-order valence-electron chi connectivity index (χ2n) is 5.30. The number of anilines is 1. The van der Waals surface area contributed by atoms with Crippen LogP contribution in [0.5, 0.6) is 0 Å². The molecule has 1 aromatic rings. The van der Waals surface area contributed by atoms with Crippen LogP contribution in [-0.4, -0.2) is 24.0 Å². The fourth-order valence-corrected chi connectivity index (χ4v) is 4.33. The van der Waals surface area contributed by atoms with Gasteiger partial charge in [0.25, 0.3) is 10.0 Å². The molecule has 3 N–H and O–H groups in total. The van der Waals surface area contributed by atoms with Gasteiger partial charge in [-0.15, -0.1) is 0 Å². The Bertz CT molecular complexity index is 518. The molecule has 0 radical (unpaired) electrons. The first kappa shape index (κ1) is 14.3. The summed E-state index contributed by atoms with van der Waals surface area (Å²) in [4.78, 5) is 3.83. The highest BCUT2D eigenvalue weighted by atomic mass is 32.2. The summed E-state index contributed by atoms with van der Waals surface area (Å²) >= 11 is 0. The molecule has 0 bridgehead atoms. The van der Waals surface area contributed by atoms with Crippen LogP contribution in [0.15, 0.2) is 11.4 Å². The molecule has 0 aliphatic heterocycles. The highest BCUT2D eigenvalue weighted by molar-refractivity contribution is 7.89. The van der Waals surface area contributed by atoms with Gasteiger partial charge in [0.05, 0.1) is 6.33 Å². The number of aromatic nitrogens is 2. The van der Waals surface area contributed by atoms with Crippen molar-refractivity contribution >= 4 is 15.8 Å². The number of hydrogen-bond acceptors (Lipinski definition) is 4. The first-order chi connectivity index (χ1) is 8.94. The maximum absolute atomic E-state index is 12.3. The van der Waals surface area contributed by atoms with E-state index in [2.05, 4.69) is 16.6 Å². The molecule has 1 aliphatic carbocycles. The fraction of sp³-hybridized carbons (Fsp3) is 0.750. The number of nitrogens with one attached hydrogen (secondary N) is 1. The normalized spacial score (nSPS) is 24.5. The molecule has 7 heteroatoms. The monoisotopic (exact) mass is 286 g/mol. The number of rotatable bonds is 4.